The second kappa shape index (κ2) is 7.21. The summed E-state index contributed by atoms with van der Waals surface area (Å²) in [6.07, 6.45) is 2.00. The first-order chi connectivity index (χ1) is 9.56. The van der Waals surface area contributed by atoms with Crippen molar-refractivity contribution in [1.82, 2.24) is 5.32 Å². The van der Waals surface area contributed by atoms with Crippen LogP contribution in [0.4, 0.5) is 4.39 Å². The SMILES string of the molecule is CCCNC(c1ccc(Br)c(Cl)c1F)C1OCCC1C. The number of ether oxygens (including phenoxy) is 1. The van der Waals surface area contributed by atoms with Crippen LogP contribution >= 0.6 is 27.5 Å². The Bertz CT molecular complexity index is 471. The van der Waals surface area contributed by atoms with Gasteiger partial charge in [0.05, 0.1) is 17.2 Å². The Morgan fingerprint density at radius 3 is 2.90 bits per heavy atom. The van der Waals surface area contributed by atoms with Crippen LogP contribution in [0.15, 0.2) is 16.6 Å². The van der Waals surface area contributed by atoms with Crippen molar-refractivity contribution in [2.24, 2.45) is 5.92 Å². The molecule has 0 spiro atoms. The van der Waals surface area contributed by atoms with Crippen LogP contribution < -0.4 is 5.32 Å². The number of hydrogen-bond acceptors (Lipinski definition) is 2. The summed E-state index contributed by atoms with van der Waals surface area (Å²) in [4.78, 5) is 0. The second-order valence-electron chi connectivity index (χ2n) is 5.30. The summed E-state index contributed by atoms with van der Waals surface area (Å²) in [5.41, 5.74) is 0.588. The summed E-state index contributed by atoms with van der Waals surface area (Å²) in [5, 5.41) is 3.54. The van der Waals surface area contributed by atoms with Crippen LogP contribution in [-0.2, 0) is 4.74 Å². The van der Waals surface area contributed by atoms with Crippen LogP contribution in [0.25, 0.3) is 0 Å². The van der Waals surface area contributed by atoms with Crippen molar-refractivity contribution >= 4 is 27.5 Å². The van der Waals surface area contributed by atoms with E-state index in [1.165, 1.54) is 0 Å². The van der Waals surface area contributed by atoms with Gasteiger partial charge >= 0.3 is 0 Å². The Hall–Kier alpha value is -0.160. The molecule has 3 unspecified atom stereocenters. The summed E-state index contributed by atoms with van der Waals surface area (Å²) in [6.45, 7) is 5.80. The van der Waals surface area contributed by atoms with Crippen LogP contribution in [0.1, 0.15) is 38.3 Å². The highest BCUT2D eigenvalue weighted by Crippen LogP contribution is 2.36. The molecule has 1 heterocycles. The molecule has 1 aromatic rings. The maximum absolute atomic E-state index is 14.5. The molecule has 0 aliphatic carbocycles. The lowest BCUT2D eigenvalue weighted by molar-refractivity contribution is 0.0596. The average molecular weight is 365 g/mol. The van der Waals surface area contributed by atoms with Gasteiger partial charge in [-0.3, -0.25) is 0 Å². The van der Waals surface area contributed by atoms with Crippen molar-refractivity contribution in [1.29, 1.82) is 0 Å². The van der Waals surface area contributed by atoms with E-state index in [1.807, 2.05) is 0 Å². The fourth-order valence-electron chi connectivity index (χ4n) is 2.63. The minimum Gasteiger partial charge on any atom is -0.376 e. The van der Waals surface area contributed by atoms with Crippen LogP contribution in [0.2, 0.25) is 5.02 Å². The Kier molecular flexibility index (Phi) is 5.84. The predicted molar refractivity (Wildman–Crippen MR) is 83.7 cm³/mol. The van der Waals surface area contributed by atoms with Gasteiger partial charge in [0, 0.05) is 16.6 Å². The highest BCUT2D eigenvalue weighted by Gasteiger charge is 2.34. The lowest BCUT2D eigenvalue weighted by Crippen LogP contribution is -2.35. The van der Waals surface area contributed by atoms with Crippen molar-refractivity contribution in [3.8, 4) is 0 Å². The third kappa shape index (κ3) is 3.35. The van der Waals surface area contributed by atoms with Gasteiger partial charge in [-0.1, -0.05) is 31.5 Å². The molecule has 0 bridgehead atoms. The van der Waals surface area contributed by atoms with Crippen LogP contribution in [-0.4, -0.2) is 19.3 Å². The summed E-state index contributed by atoms with van der Waals surface area (Å²) >= 11 is 9.27. The number of halogens is 3. The molecule has 0 amide bonds. The summed E-state index contributed by atoms with van der Waals surface area (Å²) in [5.74, 6) is 0.0449. The van der Waals surface area contributed by atoms with E-state index in [2.05, 4.69) is 35.1 Å². The lowest BCUT2D eigenvalue weighted by Gasteiger charge is -2.28. The molecule has 3 atom stereocenters. The normalized spacial score (nSPS) is 24.1. The van der Waals surface area contributed by atoms with Crippen LogP contribution in [0.5, 0.6) is 0 Å². The van der Waals surface area contributed by atoms with Crippen molar-refractivity contribution in [2.45, 2.75) is 38.8 Å². The lowest BCUT2D eigenvalue weighted by atomic mass is 9.92. The van der Waals surface area contributed by atoms with Gasteiger partial charge in [0.2, 0.25) is 0 Å². The van der Waals surface area contributed by atoms with Crippen molar-refractivity contribution in [2.75, 3.05) is 13.2 Å². The van der Waals surface area contributed by atoms with Gasteiger partial charge in [-0.25, -0.2) is 4.39 Å². The minimum absolute atomic E-state index is 0.00621. The van der Waals surface area contributed by atoms with Gasteiger partial charge in [0.25, 0.3) is 0 Å². The molecule has 0 saturated carbocycles. The topological polar surface area (TPSA) is 21.3 Å². The monoisotopic (exact) mass is 363 g/mol. The Labute approximate surface area is 133 Å². The first kappa shape index (κ1) is 16.2. The van der Waals surface area contributed by atoms with E-state index >= 15 is 0 Å². The van der Waals surface area contributed by atoms with Crippen LogP contribution in [0.3, 0.4) is 0 Å². The van der Waals surface area contributed by atoms with E-state index in [4.69, 9.17) is 16.3 Å². The molecule has 0 aromatic heterocycles. The standard InChI is InChI=1S/C15H20BrClFNO/c1-3-7-19-14(15-9(2)6-8-20-15)10-4-5-11(16)12(17)13(10)18/h4-5,9,14-15,19H,3,6-8H2,1-2H3. The average Bonchev–Trinajstić information content (AvgIpc) is 2.85. The van der Waals surface area contributed by atoms with E-state index in [-0.39, 0.29) is 23.0 Å². The molecule has 2 nitrogen and oxygen atoms in total. The van der Waals surface area contributed by atoms with E-state index in [9.17, 15) is 4.39 Å². The maximum atomic E-state index is 14.5. The summed E-state index contributed by atoms with van der Waals surface area (Å²) < 4.78 is 20.9. The highest BCUT2D eigenvalue weighted by atomic mass is 79.9. The highest BCUT2D eigenvalue weighted by molar-refractivity contribution is 9.10. The Morgan fingerprint density at radius 1 is 1.55 bits per heavy atom. The molecule has 0 radical (unpaired) electrons. The molecule has 1 fully saturated rings. The van der Waals surface area contributed by atoms with Gasteiger partial charge in [-0.05, 0) is 47.3 Å². The third-order valence-electron chi connectivity index (χ3n) is 3.79. The molecule has 5 heteroatoms. The molecule has 20 heavy (non-hydrogen) atoms. The van der Waals surface area contributed by atoms with Crippen molar-refractivity contribution < 1.29 is 9.13 Å². The number of rotatable bonds is 5. The van der Waals surface area contributed by atoms with Crippen molar-refractivity contribution in [3.05, 3.63) is 33.0 Å². The summed E-state index contributed by atoms with van der Waals surface area (Å²) in [7, 11) is 0. The van der Waals surface area contributed by atoms with E-state index in [1.54, 1.807) is 12.1 Å². The molecule has 1 N–H and O–H groups in total. The molecular weight excluding hydrogens is 345 g/mol. The molecule has 2 rings (SSSR count). The van der Waals surface area contributed by atoms with Gasteiger partial charge in [0.15, 0.2) is 0 Å². The number of hydrogen-bond donors (Lipinski definition) is 1. The molecular formula is C15H20BrClFNO. The third-order valence-corrected chi connectivity index (χ3v) is 5.05. The van der Waals surface area contributed by atoms with Gasteiger partial charge < -0.3 is 10.1 Å². The van der Waals surface area contributed by atoms with Crippen molar-refractivity contribution in [3.63, 3.8) is 0 Å². The Balaban J connectivity index is 2.33. The molecule has 1 aromatic carbocycles. The predicted octanol–water partition coefficient (Wildman–Crippen LogP) is 4.71. The zero-order valence-electron chi connectivity index (χ0n) is 11.8. The van der Waals surface area contributed by atoms with E-state index in [0.29, 0.717) is 16.0 Å². The van der Waals surface area contributed by atoms with Gasteiger partial charge in [-0.2, -0.15) is 0 Å². The minimum atomic E-state index is -0.364. The zero-order valence-corrected chi connectivity index (χ0v) is 14.1. The van der Waals surface area contributed by atoms with Gasteiger partial charge in [0.1, 0.15) is 5.82 Å². The fourth-order valence-corrected chi connectivity index (χ4v) is 3.11. The molecule has 1 saturated heterocycles. The van der Waals surface area contributed by atoms with E-state index < -0.39 is 0 Å². The largest absolute Gasteiger partial charge is 0.376 e. The molecule has 1 aliphatic heterocycles. The number of nitrogens with one attached hydrogen (secondary N) is 1. The maximum Gasteiger partial charge on any atom is 0.147 e. The first-order valence-corrected chi connectivity index (χ1v) is 8.21. The quantitative estimate of drug-likeness (QED) is 0.764. The molecule has 1 aliphatic rings. The summed E-state index contributed by atoms with van der Waals surface area (Å²) in [6, 6.07) is 3.42. The first-order valence-electron chi connectivity index (χ1n) is 7.04. The second-order valence-corrected chi connectivity index (χ2v) is 6.53. The molecule has 112 valence electrons. The smallest absolute Gasteiger partial charge is 0.147 e. The fraction of sp³-hybridized carbons (Fsp3) is 0.600. The van der Waals surface area contributed by atoms with Crippen LogP contribution in [0, 0.1) is 11.7 Å². The Morgan fingerprint density at radius 2 is 2.30 bits per heavy atom. The number of benzene rings is 1. The van der Waals surface area contributed by atoms with Gasteiger partial charge in [-0.15, -0.1) is 0 Å². The zero-order chi connectivity index (χ0) is 14.7. The van der Waals surface area contributed by atoms with E-state index in [0.717, 1.165) is 26.0 Å².